The molecule has 0 amide bonds. The number of thioether (sulfide) groups is 1. The van der Waals surface area contributed by atoms with Gasteiger partial charge in [0.2, 0.25) is 5.16 Å². The van der Waals surface area contributed by atoms with Crippen molar-refractivity contribution < 1.29 is 9.47 Å². The molecule has 0 spiro atoms. The van der Waals surface area contributed by atoms with Crippen LogP contribution in [0.1, 0.15) is 24.5 Å². The van der Waals surface area contributed by atoms with Gasteiger partial charge in [-0.05, 0) is 88.2 Å². The number of nitrogens with one attached hydrogen (secondary N) is 1. The van der Waals surface area contributed by atoms with Gasteiger partial charge in [-0.25, -0.2) is 0 Å². The van der Waals surface area contributed by atoms with E-state index in [1.807, 2.05) is 55.5 Å². The molecule has 0 saturated carbocycles. The van der Waals surface area contributed by atoms with Gasteiger partial charge < -0.3 is 14.8 Å². The number of rotatable bonds is 13. The fourth-order valence-electron chi connectivity index (χ4n) is 3.53. The molecule has 0 aliphatic heterocycles. The fourth-order valence-corrected chi connectivity index (χ4v) is 5.47. The molecule has 1 heterocycles. The molecule has 0 saturated heterocycles. The summed E-state index contributed by atoms with van der Waals surface area (Å²) in [4.78, 5) is 0. The molecule has 1 N–H and O–H groups in total. The number of nitrogens with zero attached hydrogens (tertiary/aromatic N) is 4. The van der Waals surface area contributed by atoms with Crippen LogP contribution in [0.5, 0.6) is 11.5 Å². The van der Waals surface area contributed by atoms with Gasteiger partial charge in [0.1, 0.15) is 6.61 Å². The molecule has 3 aromatic carbocycles. The van der Waals surface area contributed by atoms with Crippen molar-refractivity contribution in [2.75, 3.05) is 18.9 Å². The van der Waals surface area contributed by atoms with Gasteiger partial charge in [-0.15, -0.1) is 5.10 Å². The van der Waals surface area contributed by atoms with Crippen LogP contribution in [0.25, 0.3) is 5.69 Å². The smallest absolute Gasteiger partial charge is 0.214 e. The molecule has 0 aliphatic rings. The van der Waals surface area contributed by atoms with Gasteiger partial charge in [0.15, 0.2) is 11.5 Å². The average molecular weight is 623 g/mol. The summed E-state index contributed by atoms with van der Waals surface area (Å²) in [5.41, 5.74) is 2.77. The summed E-state index contributed by atoms with van der Waals surface area (Å²) >= 11 is 17.9. The maximum Gasteiger partial charge on any atom is 0.214 e. The summed E-state index contributed by atoms with van der Waals surface area (Å²) in [5.74, 6) is 2.18. The number of aromatic nitrogens is 4. The summed E-state index contributed by atoms with van der Waals surface area (Å²) < 4.78 is 14.5. The van der Waals surface area contributed by atoms with Gasteiger partial charge in [-0.1, -0.05) is 59.2 Å². The highest BCUT2D eigenvalue weighted by Gasteiger charge is 2.15. The summed E-state index contributed by atoms with van der Waals surface area (Å²) in [5, 5.41) is 17.5. The Labute approximate surface area is 239 Å². The molecule has 4 rings (SSSR count). The van der Waals surface area contributed by atoms with Crippen molar-refractivity contribution in [1.82, 2.24) is 25.5 Å². The SMILES string of the molecule is CCOc1cc(CNCCCSc2nnnn2-c2ccccc2)cc(Br)c1OCc1c(Cl)cccc1Cl. The van der Waals surface area contributed by atoms with E-state index in [9.17, 15) is 0 Å². The van der Waals surface area contributed by atoms with Crippen molar-refractivity contribution in [2.45, 2.75) is 31.7 Å². The van der Waals surface area contributed by atoms with Crippen molar-refractivity contribution >= 4 is 50.9 Å². The van der Waals surface area contributed by atoms with Gasteiger partial charge in [0.25, 0.3) is 0 Å². The van der Waals surface area contributed by atoms with Crippen LogP contribution in [-0.2, 0) is 13.2 Å². The topological polar surface area (TPSA) is 74.1 Å². The van der Waals surface area contributed by atoms with E-state index in [1.165, 1.54) is 0 Å². The maximum absolute atomic E-state index is 6.29. The Balaban J connectivity index is 1.28. The first-order valence-electron chi connectivity index (χ1n) is 11.7. The van der Waals surface area contributed by atoms with E-state index in [2.05, 4.69) is 36.8 Å². The first-order valence-corrected chi connectivity index (χ1v) is 14.3. The van der Waals surface area contributed by atoms with Crippen molar-refractivity contribution in [3.8, 4) is 17.2 Å². The standard InChI is InChI=1S/C26H26BrCl2N5O2S/c1-2-35-24-15-18(14-21(27)25(24)36-17-20-22(28)10-6-11-23(20)29)16-30-12-7-13-37-26-31-32-33-34(26)19-8-4-3-5-9-19/h3-6,8-11,14-15,30H,2,7,12-13,16-17H2,1H3. The zero-order valence-corrected chi connectivity index (χ0v) is 24.1. The molecule has 4 aromatic rings. The van der Waals surface area contributed by atoms with E-state index in [1.54, 1.807) is 28.6 Å². The minimum absolute atomic E-state index is 0.236. The zero-order valence-electron chi connectivity index (χ0n) is 20.2. The number of ether oxygens (including phenoxy) is 2. The number of benzene rings is 3. The van der Waals surface area contributed by atoms with E-state index in [0.29, 0.717) is 34.7 Å². The van der Waals surface area contributed by atoms with Crippen LogP contribution >= 0.6 is 50.9 Å². The zero-order chi connectivity index (χ0) is 26.0. The monoisotopic (exact) mass is 621 g/mol. The fraction of sp³-hybridized carbons (Fsp3) is 0.269. The van der Waals surface area contributed by atoms with Crippen LogP contribution in [0.2, 0.25) is 10.0 Å². The molecule has 0 aliphatic carbocycles. The van der Waals surface area contributed by atoms with Crippen LogP contribution in [0.3, 0.4) is 0 Å². The molecule has 0 radical (unpaired) electrons. The molecule has 7 nitrogen and oxygen atoms in total. The van der Waals surface area contributed by atoms with Crippen molar-refractivity contribution in [1.29, 1.82) is 0 Å². The molecule has 37 heavy (non-hydrogen) atoms. The van der Waals surface area contributed by atoms with Crippen molar-refractivity contribution in [2.24, 2.45) is 0 Å². The van der Waals surface area contributed by atoms with Crippen LogP contribution in [0.4, 0.5) is 0 Å². The van der Waals surface area contributed by atoms with Gasteiger partial charge in [-0.3, -0.25) is 0 Å². The van der Waals surface area contributed by atoms with Crippen LogP contribution < -0.4 is 14.8 Å². The molecule has 0 bridgehead atoms. The molecule has 194 valence electrons. The third-order valence-corrected chi connectivity index (χ3v) is 7.59. The maximum atomic E-state index is 6.29. The second-order valence-corrected chi connectivity index (χ2v) is 10.6. The van der Waals surface area contributed by atoms with Crippen LogP contribution in [0.15, 0.2) is 70.3 Å². The third kappa shape index (κ3) is 7.61. The Bertz CT molecular complexity index is 1290. The van der Waals surface area contributed by atoms with Crippen molar-refractivity contribution in [3.05, 3.63) is 86.3 Å². The van der Waals surface area contributed by atoms with Gasteiger partial charge in [-0.2, -0.15) is 4.68 Å². The van der Waals surface area contributed by atoms with E-state index in [-0.39, 0.29) is 6.61 Å². The molecule has 0 fully saturated rings. The summed E-state index contributed by atoms with van der Waals surface area (Å²) in [6.07, 6.45) is 0.964. The second-order valence-electron chi connectivity index (χ2n) is 7.91. The van der Waals surface area contributed by atoms with Crippen LogP contribution in [-0.4, -0.2) is 39.1 Å². The van der Waals surface area contributed by atoms with Gasteiger partial charge in [0.05, 0.1) is 16.8 Å². The van der Waals surface area contributed by atoms with Gasteiger partial charge in [0, 0.05) is 27.9 Å². The summed E-state index contributed by atoms with van der Waals surface area (Å²) in [6, 6.07) is 19.3. The number of para-hydroxylation sites is 1. The predicted octanol–water partition coefficient (Wildman–Crippen LogP) is 6.98. The lowest BCUT2D eigenvalue weighted by Gasteiger charge is -2.17. The Morgan fingerprint density at radius 3 is 2.57 bits per heavy atom. The predicted molar refractivity (Wildman–Crippen MR) is 152 cm³/mol. The van der Waals surface area contributed by atoms with E-state index in [0.717, 1.165) is 45.2 Å². The average Bonchev–Trinajstić information content (AvgIpc) is 3.36. The molecule has 0 atom stereocenters. The van der Waals surface area contributed by atoms with E-state index in [4.69, 9.17) is 32.7 Å². The Kier molecular flexibility index (Phi) is 10.5. The summed E-state index contributed by atoms with van der Waals surface area (Å²) in [7, 11) is 0. The quantitative estimate of drug-likeness (QED) is 0.127. The largest absolute Gasteiger partial charge is 0.490 e. The minimum Gasteiger partial charge on any atom is -0.490 e. The number of hydrogen-bond acceptors (Lipinski definition) is 7. The van der Waals surface area contributed by atoms with Crippen LogP contribution in [0, 0.1) is 0 Å². The number of halogens is 3. The first kappa shape index (κ1) is 27.7. The first-order chi connectivity index (χ1) is 18.1. The lowest BCUT2D eigenvalue weighted by atomic mass is 10.2. The highest BCUT2D eigenvalue weighted by atomic mass is 79.9. The molecule has 0 unspecified atom stereocenters. The molecular formula is C26H26BrCl2N5O2S. The highest BCUT2D eigenvalue weighted by Crippen LogP contribution is 2.38. The van der Waals surface area contributed by atoms with E-state index >= 15 is 0 Å². The van der Waals surface area contributed by atoms with Gasteiger partial charge >= 0.3 is 0 Å². The Morgan fingerprint density at radius 2 is 1.81 bits per heavy atom. The minimum atomic E-state index is 0.236. The molecule has 11 heteroatoms. The number of tetrazole rings is 1. The van der Waals surface area contributed by atoms with E-state index < -0.39 is 0 Å². The lowest BCUT2D eigenvalue weighted by Crippen LogP contribution is -2.15. The normalized spacial score (nSPS) is 11.0. The second kappa shape index (κ2) is 14.0. The van der Waals surface area contributed by atoms with Crippen molar-refractivity contribution in [3.63, 3.8) is 0 Å². The number of hydrogen-bond donors (Lipinski definition) is 1. The summed E-state index contributed by atoms with van der Waals surface area (Å²) in [6.45, 7) is 4.25. The Morgan fingerprint density at radius 1 is 1.03 bits per heavy atom. The third-order valence-electron chi connectivity index (χ3n) is 5.29. The highest BCUT2D eigenvalue weighted by molar-refractivity contribution is 9.10. The Hall–Kier alpha value is -2.30. The molecule has 1 aromatic heterocycles. The molecular weight excluding hydrogens is 597 g/mol. The lowest BCUT2D eigenvalue weighted by molar-refractivity contribution is 0.267.